The van der Waals surface area contributed by atoms with E-state index in [4.69, 9.17) is 4.74 Å². The quantitative estimate of drug-likeness (QED) is 0.487. The number of rotatable bonds is 4. The van der Waals surface area contributed by atoms with Crippen molar-refractivity contribution in [3.63, 3.8) is 0 Å². The summed E-state index contributed by atoms with van der Waals surface area (Å²) in [6, 6.07) is 14.4. The van der Waals surface area contributed by atoms with Gasteiger partial charge in [0.25, 0.3) is 0 Å². The lowest BCUT2D eigenvalue weighted by Crippen LogP contribution is -2.39. The van der Waals surface area contributed by atoms with Crippen LogP contribution in [0.25, 0.3) is 16.9 Å². The van der Waals surface area contributed by atoms with E-state index >= 15 is 0 Å². The molecule has 10 heteroatoms. The number of nitrogens with one attached hydrogen (secondary N) is 1. The molecule has 0 saturated heterocycles. The van der Waals surface area contributed by atoms with Gasteiger partial charge in [-0.05, 0) is 49.7 Å². The summed E-state index contributed by atoms with van der Waals surface area (Å²) in [6.07, 6.45) is 0.345. The molecule has 3 aromatic heterocycles. The maximum atomic E-state index is 12.6. The Labute approximate surface area is 188 Å². The van der Waals surface area contributed by atoms with Crippen molar-refractivity contribution >= 4 is 35.0 Å². The fourth-order valence-corrected chi connectivity index (χ4v) is 4.00. The third-order valence-corrected chi connectivity index (χ3v) is 5.70. The van der Waals surface area contributed by atoms with E-state index in [1.165, 1.54) is 0 Å². The van der Waals surface area contributed by atoms with Crippen LogP contribution in [0.3, 0.4) is 0 Å². The molecule has 0 spiro atoms. The maximum absolute atomic E-state index is 12.6. The highest BCUT2D eigenvalue weighted by Gasteiger charge is 2.46. The van der Waals surface area contributed by atoms with Gasteiger partial charge in [0.1, 0.15) is 0 Å². The molecule has 1 aliphatic heterocycles. The van der Waals surface area contributed by atoms with E-state index in [1.807, 2.05) is 30.3 Å². The van der Waals surface area contributed by atoms with Gasteiger partial charge in [0, 0.05) is 23.5 Å². The van der Waals surface area contributed by atoms with Crippen molar-refractivity contribution in [3.05, 3.63) is 60.3 Å². The van der Waals surface area contributed by atoms with E-state index in [1.54, 1.807) is 49.9 Å². The summed E-state index contributed by atoms with van der Waals surface area (Å²) in [5.74, 6) is 0.334. The van der Waals surface area contributed by atoms with Crippen LogP contribution in [0.1, 0.15) is 19.4 Å². The molecule has 2 amide bonds. The third-order valence-electron chi connectivity index (χ3n) is 5.70. The fraction of sp³-hybridized carbons (Fsp3) is 0.174. The molecule has 0 aliphatic carbocycles. The lowest BCUT2D eigenvalue weighted by molar-refractivity contribution is -0.121. The molecule has 5 rings (SSSR count). The molecule has 1 aliphatic rings. The molecular formula is C23H20N6O4. The van der Waals surface area contributed by atoms with Gasteiger partial charge in [0.05, 0.1) is 23.9 Å². The van der Waals surface area contributed by atoms with Crippen molar-refractivity contribution in [2.45, 2.75) is 19.3 Å². The second kappa shape index (κ2) is 7.30. The van der Waals surface area contributed by atoms with Gasteiger partial charge >= 0.3 is 6.09 Å². The summed E-state index contributed by atoms with van der Waals surface area (Å²) in [5, 5.41) is 17.2. The number of carbonyl (C=O) groups is 2. The number of nitrogens with zero attached hydrogens (tertiary/aromatic N) is 5. The monoisotopic (exact) mass is 444 g/mol. The average Bonchev–Trinajstić information content (AvgIpc) is 3.29. The number of ether oxygens (including phenoxy) is 1. The number of hydrogen-bond donors (Lipinski definition) is 2. The van der Waals surface area contributed by atoms with Gasteiger partial charge in [0.2, 0.25) is 17.7 Å². The topological polar surface area (TPSA) is 122 Å². The number of carbonyl (C=O) groups excluding carboxylic acids is 1. The van der Waals surface area contributed by atoms with Crippen molar-refractivity contribution in [3.8, 4) is 17.1 Å². The zero-order valence-corrected chi connectivity index (χ0v) is 18.1. The molecule has 0 bridgehead atoms. The van der Waals surface area contributed by atoms with Crippen LogP contribution < -0.4 is 15.0 Å². The van der Waals surface area contributed by atoms with Crippen molar-refractivity contribution in [2.75, 3.05) is 17.3 Å². The van der Waals surface area contributed by atoms with Gasteiger partial charge in [-0.15, -0.1) is 5.10 Å². The molecule has 0 unspecified atom stereocenters. The van der Waals surface area contributed by atoms with Crippen LogP contribution in [0.15, 0.2) is 54.7 Å². The minimum atomic E-state index is -1.31. The first-order chi connectivity index (χ1) is 15.8. The number of imide groups is 1. The van der Waals surface area contributed by atoms with Crippen molar-refractivity contribution < 1.29 is 19.4 Å². The first kappa shape index (κ1) is 20.4. The number of hydrogen-bond acceptors (Lipinski definition) is 7. The molecule has 4 heterocycles. The highest BCUT2D eigenvalue weighted by molar-refractivity contribution is 6.20. The molecule has 2 N–H and O–H groups in total. The molecule has 166 valence electrons. The fourth-order valence-electron chi connectivity index (χ4n) is 4.00. The lowest BCUT2D eigenvalue weighted by atomic mass is 9.86. The van der Waals surface area contributed by atoms with E-state index in [-0.39, 0.29) is 0 Å². The number of fused-ring (bicyclic) bond motifs is 2. The third kappa shape index (κ3) is 3.23. The van der Waals surface area contributed by atoms with Crippen LogP contribution in [0.4, 0.5) is 22.1 Å². The highest BCUT2D eigenvalue weighted by atomic mass is 16.5. The standard InChI is InChI=1S/C23H20N6O4/c1-23(2)15-8-7-14(12-17(15)28(20(23)30)22(31)32)25-21-26-18-6-4-5-16(29(18)27-21)13-9-10-24-19(11-13)33-3/h4-12H,1-3H3,(H,25,27)(H,31,32). The molecule has 0 atom stereocenters. The summed E-state index contributed by atoms with van der Waals surface area (Å²) < 4.78 is 6.91. The summed E-state index contributed by atoms with van der Waals surface area (Å²) in [4.78, 5) is 33.8. The Morgan fingerprint density at radius 1 is 1.15 bits per heavy atom. The van der Waals surface area contributed by atoms with E-state index in [0.29, 0.717) is 34.4 Å². The Balaban J connectivity index is 1.52. The van der Waals surface area contributed by atoms with Gasteiger partial charge in [0.15, 0.2) is 5.65 Å². The Morgan fingerprint density at radius 3 is 2.73 bits per heavy atom. The average molecular weight is 444 g/mol. The van der Waals surface area contributed by atoms with E-state index in [9.17, 15) is 14.7 Å². The SMILES string of the molecule is COc1cc(-c2cccc3nc(Nc4ccc5c(c4)N(C(=O)O)C(=O)C5(C)C)nn23)ccn1. The second-order valence-corrected chi connectivity index (χ2v) is 8.11. The number of anilines is 3. The zero-order chi connectivity index (χ0) is 23.3. The van der Waals surface area contributed by atoms with Gasteiger partial charge in [-0.25, -0.2) is 19.2 Å². The van der Waals surface area contributed by atoms with Gasteiger partial charge in [-0.1, -0.05) is 12.1 Å². The largest absolute Gasteiger partial charge is 0.481 e. The summed E-state index contributed by atoms with van der Waals surface area (Å²) in [5.41, 5.74) is 2.90. The van der Waals surface area contributed by atoms with Crippen molar-refractivity contribution in [2.24, 2.45) is 0 Å². The predicted octanol–water partition coefficient (Wildman–Crippen LogP) is 3.85. The van der Waals surface area contributed by atoms with Crippen LogP contribution in [0.5, 0.6) is 5.88 Å². The second-order valence-electron chi connectivity index (χ2n) is 8.11. The Hall–Kier alpha value is -4.47. The zero-order valence-electron chi connectivity index (χ0n) is 18.1. The summed E-state index contributed by atoms with van der Waals surface area (Å²) in [6.45, 7) is 3.42. The number of benzene rings is 1. The number of carboxylic acid groups (broad SMARTS) is 1. The van der Waals surface area contributed by atoms with E-state index in [0.717, 1.165) is 16.2 Å². The molecule has 0 radical (unpaired) electrons. The van der Waals surface area contributed by atoms with E-state index < -0.39 is 17.4 Å². The first-order valence-corrected chi connectivity index (χ1v) is 10.1. The molecule has 0 fully saturated rings. The van der Waals surface area contributed by atoms with Crippen molar-refractivity contribution in [1.29, 1.82) is 0 Å². The number of methoxy groups -OCH3 is 1. The van der Waals surface area contributed by atoms with Gasteiger partial charge in [-0.2, -0.15) is 4.98 Å². The molecule has 10 nitrogen and oxygen atoms in total. The van der Waals surface area contributed by atoms with Crippen LogP contribution in [-0.4, -0.2) is 43.8 Å². The smallest absolute Gasteiger partial charge is 0.418 e. The Morgan fingerprint density at radius 2 is 1.97 bits per heavy atom. The minimum absolute atomic E-state index is 0.328. The number of aromatic nitrogens is 4. The molecule has 4 aromatic rings. The lowest BCUT2D eigenvalue weighted by Gasteiger charge is -2.16. The number of pyridine rings is 2. The van der Waals surface area contributed by atoms with Gasteiger partial charge in [-0.3, -0.25) is 4.79 Å². The molecular weight excluding hydrogens is 424 g/mol. The maximum Gasteiger partial charge on any atom is 0.418 e. The normalized spacial score (nSPS) is 14.4. The summed E-state index contributed by atoms with van der Waals surface area (Å²) in [7, 11) is 1.56. The van der Waals surface area contributed by atoms with Crippen LogP contribution in [0, 0.1) is 0 Å². The van der Waals surface area contributed by atoms with Gasteiger partial charge < -0.3 is 15.2 Å². The van der Waals surface area contributed by atoms with Crippen molar-refractivity contribution in [1.82, 2.24) is 19.6 Å². The number of amides is 2. The van der Waals surface area contributed by atoms with Crippen LogP contribution in [0.2, 0.25) is 0 Å². The Kier molecular flexibility index (Phi) is 4.52. The minimum Gasteiger partial charge on any atom is -0.481 e. The molecule has 1 aromatic carbocycles. The summed E-state index contributed by atoms with van der Waals surface area (Å²) >= 11 is 0. The predicted molar refractivity (Wildman–Crippen MR) is 121 cm³/mol. The van der Waals surface area contributed by atoms with Crippen LogP contribution in [-0.2, 0) is 10.2 Å². The Bertz CT molecular complexity index is 1430. The van der Waals surface area contributed by atoms with Crippen LogP contribution >= 0.6 is 0 Å². The molecule has 0 saturated carbocycles. The highest BCUT2D eigenvalue weighted by Crippen LogP contribution is 2.43. The molecule has 33 heavy (non-hydrogen) atoms. The van der Waals surface area contributed by atoms with E-state index in [2.05, 4.69) is 20.4 Å². The first-order valence-electron chi connectivity index (χ1n) is 10.1.